The highest BCUT2D eigenvalue weighted by Crippen LogP contribution is 2.26. The molecule has 0 radical (unpaired) electrons. The molecule has 0 fully saturated rings. The number of aryl methyl sites for hydroxylation is 1. The molecule has 2 N–H and O–H groups in total. The first-order chi connectivity index (χ1) is 10.0. The van der Waals surface area contributed by atoms with Crippen molar-refractivity contribution in [1.82, 2.24) is 0 Å². The standard InChI is InChI=1S/C17H27NO3/c1-5-14(18)11-13-10-8-9-12(4)16(13)21-15(6-2)17(19)20-7-3/h8-10,14-15H,5-7,11,18H2,1-4H3. The third-order valence-electron chi connectivity index (χ3n) is 3.48. The maximum Gasteiger partial charge on any atom is 0.347 e. The van der Waals surface area contributed by atoms with Crippen LogP contribution in [0.25, 0.3) is 0 Å². The van der Waals surface area contributed by atoms with E-state index >= 15 is 0 Å². The molecule has 21 heavy (non-hydrogen) atoms. The van der Waals surface area contributed by atoms with Crippen LogP contribution in [0.15, 0.2) is 18.2 Å². The molecule has 0 aliphatic carbocycles. The monoisotopic (exact) mass is 293 g/mol. The highest BCUT2D eigenvalue weighted by atomic mass is 16.6. The third kappa shape index (κ3) is 5.05. The van der Waals surface area contributed by atoms with E-state index in [-0.39, 0.29) is 12.0 Å². The number of hydrogen-bond acceptors (Lipinski definition) is 4. The Balaban J connectivity index is 2.96. The fourth-order valence-electron chi connectivity index (χ4n) is 2.14. The zero-order chi connectivity index (χ0) is 15.8. The molecule has 4 heteroatoms. The Hall–Kier alpha value is -1.55. The molecule has 2 atom stereocenters. The van der Waals surface area contributed by atoms with E-state index in [1.54, 1.807) is 6.92 Å². The maximum atomic E-state index is 11.9. The van der Waals surface area contributed by atoms with Crippen LogP contribution >= 0.6 is 0 Å². The number of hydrogen-bond donors (Lipinski definition) is 1. The number of carbonyl (C=O) groups excluding carboxylic acids is 1. The zero-order valence-electron chi connectivity index (χ0n) is 13.5. The highest BCUT2D eigenvalue weighted by molar-refractivity contribution is 5.75. The maximum absolute atomic E-state index is 11.9. The Kier molecular flexibility index (Phi) is 7.23. The molecule has 1 aromatic rings. The van der Waals surface area contributed by atoms with Gasteiger partial charge in [0, 0.05) is 6.04 Å². The van der Waals surface area contributed by atoms with E-state index in [2.05, 4.69) is 6.92 Å². The molecule has 2 unspecified atom stereocenters. The van der Waals surface area contributed by atoms with Crippen LogP contribution in [0.3, 0.4) is 0 Å². The summed E-state index contributed by atoms with van der Waals surface area (Å²) in [6, 6.07) is 6.08. The van der Waals surface area contributed by atoms with E-state index in [0.717, 1.165) is 29.7 Å². The predicted molar refractivity (Wildman–Crippen MR) is 84.5 cm³/mol. The van der Waals surface area contributed by atoms with E-state index < -0.39 is 6.10 Å². The van der Waals surface area contributed by atoms with Gasteiger partial charge in [-0.1, -0.05) is 32.0 Å². The zero-order valence-corrected chi connectivity index (χ0v) is 13.5. The number of para-hydroxylation sites is 1. The molecule has 0 spiro atoms. The van der Waals surface area contributed by atoms with Crippen LogP contribution in [0.5, 0.6) is 5.75 Å². The first kappa shape index (κ1) is 17.5. The van der Waals surface area contributed by atoms with Crippen LogP contribution in [0.4, 0.5) is 0 Å². The van der Waals surface area contributed by atoms with Crippen molar-refractivity contribution < 1.29 is 14.3 Å². The lowest BCUT2D eigenvalue weighted by Crippen LogP contribution is -2.30. The largest absolute Gasteiger partial charge is 0.478 e. The number of carbonyl (C=O) groups is 1. The average molecular weight is 293 g/mol. The molecule has 1 rings (SSSR count). The number of esters is 1. The lowest BCUT2D eigenvalue weighted by molar-refractivity contribution is -0.151. The van der Waals surface area contributed by atoms with Crippen LogP contribution < -0.4 is 10.5 Å². The molecule has 118 valence electrons. The van der Waals surface area contributed by atoms with Gasteiger partial charge in [-0.15, -0.1) is 0 Å². The number of nitrogens with two attached hydrogens (primary N) is 1. The molecular weight excluding hydrogens is 266 g/mol. The van der Waals surface area contributed by atoms with Crippen molar-refractivity contribution in [2.45, 2.75) is 59.1 Å². The molecule has 0 aliphatic heterocycles. The van der Waals surface area contributed by atoms with Crippen molar-refractivity contribution in [3.05, 3.63) is 29.3 Å². The Bertz CT molecular complexity index is 459. The van der Waals surface area contributed by atoms with E-state index in [4.69, 9.17) is 15.2 Å². The SMILES string of the molecule is CCOC(=O)C(CC)Oc1c(C)cccc1CC(N)CC. The summed E-state index contributed by atoms with van der Waals surface area (Å²) in [7, 11) is 0. The Morgan fingerprint density at radius 1 is 1.24 bits per heavy atom. The van der Waals surface area contributed by atoms with E-state index in [0.29, 0.717) is 13.0 Å². The lowest BCUT2D eigenvalue weighted by atomic mass is 10.0. The van der Waals surface area contributed by atoms with Crippen LogP contribution in [0.1, 0.15) is 44.7 Å². The summed E-state index contributed by atoms with van der Waals surface area (Å²) in [6.45, 7) is 8.12. The van der Waals surface area contributed by atoms with Crippen molar-refractivity contribution >= 4 is 5.97 Å². The van der Waals surface area contributed by atoms with Gasteiger partial charge in [0.2, 0.25) is 0 Å². The molecule has 0 aliphatic rings. The van der Waals surface area contributed by atoms with E-state index in [9.17, 15) is 4.79 Å². The van der Waals surface area contributed by atoms with Gasteiger partial charge in [0.25, 0.3) is 0 Å². The average Bonchev–Trinajstić information content (AvgIpc) is 2.46. The molecule has 0 bridgehead atoms. The van der Waals surface area contributed by atoms with Crippen molar-refractivity contribution in [1.29, 1.82) is 0 Å². The van der Waals surface area contributed by atoms with Crippen LogP contribution in [-0.4, -0.2) is 24.7 Å². The number of rotatable bonds is 8. The number of ether oxygens (including phenoxy) is 2. The third-order valence-corrected chi connectivity index (χ3v) is 3.48. The summed E-state index contributed by atoms with van der Waals surface area (Å²) in [6.07, 6.45) is 1.66. The normalized spacial score (nSPS) is 13.6. The quantitative estimate of drug-likeness (QED) is 0.748. The van der Waals surface area contributed by atoms with Gasteiger partial charge < -0.3 is 15.2 Å². The van der Waals surface area contributed by atoms with Crippen LogP contribution in [0, 0.1) is 6.92 Å². The molecule has 0 heterocycles. The van der Waals surface area contributed by atoms with Gasteiger partial charge in [-0.05, 0) is 44.2 Å². The number of benzene rings is 1. The summed E-state index contributed by atoms with van der Waals surface area (Å²) in [5, 5.41) is 0. The summed E-state index contributed by atoms with van der Waals surface area (Å²) in [5.41, 5.74) is 8.11. The van der Waals surface area contributed by atoms with Gasteiger partial charge in [-0.3, -0.25) is 0 Å². The van der Waals surface area contributed by atoms with Gasteiger partial charge in [-0.25, -0.2) is 4.79 Å². The molecule has 1 aromatic carbocycles. The summed E-state index contributed by atoms with van der Waals surface area (Å²) < 4.78 is 11.0. The van der Waals surface area contributed by atoms with Gasteiger partial charge in [0.05, 0.1) is 6.61 Å². The van der Waals surface area contributed by atoms with Crippen LogP contribution in [0.2, 0.25) is 0 Å². The molecule has 0 saturated heterocycles. The Morgan fingerprint density at radius 2 is 1.95 bits per heavy atom. The Labute approximate surface area is 127 Å². The lowest BCUT2D eigenvalue weighted by Gasteiger charge is -2.21. The molecule has 0 saturated carbocycles. The smallest absolute Gasteiger partial charge is 0.347 e. The molecular formula is C17H27NO3. The van der Waals surface area contributed by atoms with Crippen molar-refractivity contribution in [3.8, 4) is 5.75 Å². The van der Waals surface area contributed by atoms with Crippen molar-refractivity contribution in [3.63, 3.8) is 0 Å². The summed E-state index contributed by atoms with van der Waals surface area (Å²) in [5.74, 6) is 0.454. The molecule has 0 aromatic heterocycles. The predicted octanol–water partition coefficient (Wildman–Crippen LogP) is 3.00. The Morgan fingerprint density at radius 3 is 2.52 bits per heavy atom. The first-order valence-electron chi connectivity index (χ1n) is 7.70. The van der Waals surface area contributed by atoms with Gasteiger partial charge in [0.15, 0.2) is 6.10 Å². The van der Waals surface area contributed by atoms with Crippen molar-refractivity contribution in [2.24, 2.45) is 5.73 Å². The minimum atomic E-state index is -0.567. The highest BCUT2D eigenvalue weighted by Gasteiger charge is 2.22. The second-order valence-electron chi connectivity index (χ2n) is 5.20. The molecule has 4 nitrogen and oxygen atoms in total. The first-order valence-corrected chi connectivity index (χ1v) is 7.70. The second-order valence-corrected chi connectivity index (χ2v) is 5.20. The van der Waals surface area contributed by atoms with E-state index in [1.165, 1.54) is 0 Å². The molecule has 0 amide bonds. The fraction of sp³-hybridized carbons (Fsp3) is 0.588. The van der Waals surface area contributed by atoms with E-state index in [1.807, 2.05) is 32.0 Å². The summed E-state index contributed by atoms with van der Waals surface area (Å²) in [4.78, 5) is 11.9. The van der Waals surface area contributed by atoms with Crippen LogP contribution in [-0.2, 0) is 16.0 Å². The van der Waals surface area contributed by atoms with Gasteiger partial charge in [0.1, 0.15) is 5.75 Å². The minimum Gasteiger partial charge on any atom is -0.478 e. The van der Waals surface area contributed by atoms with Crippen molar-refractivity contribution in [2.75, 3.05) is 6.61 Å². The topological polar surface area (TPSA) is 61.5 Å². The van der Waals surface area contributed by atoms with Gasteiger partial charge in [-0.2, -0.15) is 0 Å². The summed E-state index contributed by atoms with van der Waals surface area (Å²) >= 11 is 0. The van der Waals surface area contributed by atoms with Gasteiger partial charge >= 0.3 is 5.97 Å². The minimum absolute atomic E-state index is 0.0943. The second kappa shape index (κ2) is 8.67. The fourth-order valence-corrected chi connectivity index (χ4v) is 2.14.